The molecule has 2 heterocycles. The first-order valence-corrected chi connectivity index (χ1v) is 18.4. The lowest BCUT2D eigenvalue weighted by Crippen LogP contribution is -2.68. The third kappa shape index (κ3) is 10.4. The normalized spacial score (nSPS) is 19.4. The van der Waals surface area contributed by atoms with Crippen molar-refractivity contribution < 1.29 is 47.2 Å². The predicted molar refractivity (Wildman–Crippen MR) is 180 cm³/mol. The van der Waals surface area contributed by atoms with Gasteiger partial charge in [-0.05, 0) is 48.2 Å². The second kappa shape index (κ2) is 18.3. The Kier molecular flexibility index (Phi) is 14.8. The minimum atomic E-state index is -2.32. The van der Waals surface area contributed by atoms with Crippen LogP contribution in [-0.4, -0.2) is 90.1 Å². The minimum absolute atomic E-state index is 0.0168. The van der Waals surface area contributed by atoms with Gasteiger partial charge in [0, 0.05) is 19.5 Å². The Morgan fingerprint density at radius 3 is 2.24 bits per heavy atom. The number of quaternary nitrogens is 1. The van der Waals surface area contributed by atoms with E-state index in [1.54, 1.807) is 6.92 Å². The number of likely N-dealkylation sites (tertiary alicyclic amines) is 2. The number of carbonyl (C=O) groups excluding carboxylic acids is 6. The summed E-state index contributed by atoms with van der Waals surface area (Å²) in [6.07, 6.45) is 0.0313. The molecule has 0 aromatic heterocycles. The van der Waals surface area contributed by atoms with Crippen LogP contribution in [0.4, 0.5) is 4.79 Å². The van der Waals surface area contributed by atoms with E-state index in [4.69, 9.17) is 9.26 Å². The highest BCUT2D eigenvalue weighted by atomic mass is 31.1. The third-order valence-corrected chi connectivity index (χ3v) is 10.3. The van der Waals surface area contributed by atoms with E-state index in [0.717, 1.165) is 5.56 Å². The van der Waals surface area contributed by atoms with Gasteiger partial charge < -0.3 is 15.4 Å². The second-order valence-electron chi connectivity index (χ2n) is 13.4. The summed E-state index contributed by atoms with van der Waals surface area (Å²) < 4.78 is 22.8. The number of rotatable bonds is 17. The van der Waals surface area contributed by atoms with Gasteiger partial charge in [0.2, 0.25) is 11.8 Å². The first-order chi connectivity index (χ1) is 23.2. The third-order valence-electron chi connectivity index (χ3n) is 9.10. The molecular formula is C34H52N5O9P+2. The van der Waals surface area contributed by atoms with E-state index in [9.17, 15) is 33.3 Å². The molecule has 0 radical (unpaired) electrons. The molecule has 2 unspecified atom stereocenters. The van der Waals surface area contributed by atoms with E-state index in [2.05, 4.69) is 16.1 Å². The smallest absolute Gasteiger partial charge is 0.445 e. The fraction of sp³-hybridized carbons (Fsp3) is 0.647. The molecule has 14 nitrogen and oxygen atoms in total. The van der Waals surface area contributed by atoms with Gasteiger partial charge >= 0.3 is 25.9 Å². The lowest BCUT2D eigenvalue weighted by molar-refractivity contribution is -0.815. The largest absolute Gasteiger partial charge is 0.508 e. The molecular weight excluding hydrogens is 653 g/mol. The standard InChI is InChI=1S/C34H50N5O9P/c1-7-48-49(46)21-26(31(42)36-27(18-22(2)3)32(43)35-6)25(23(4)5)19-39(29(40)15-16-30(39)41)37-33(44)28-14-11-17-38(28)34(45)47-20-24-12-9-8-10-13-24/h8-10,12-13,22-23,25-28H,7,11,14-21H2,1-6H3,(H-2,35,36,37,42,43,44)/p+2/t25?,26-,27-,28-/m0/s1. The first-order valence-electron chi connectivity index (χ1n) is 17.1. The summed E-state index contributed by atoms with van der Waals surface area (Å²) in [4.78, 5) is 82.2. The van der Waals surface area contributed by atoms with E-state index in [0.29, 0.717) is 19.3 Å². The predicted octanol–water partition coefficient (Wildman–Crippen LogP) is 3.43. The van der Waals surface area contributed by atoms with Gasteiger partial charge in [0.15, 0.2) is 6.16 Å². The lowest BCUT2D eigenvalue weighted by Gasteiger charge is -2.36. The Labute approximate surface area is 289 Å². The molecule has 0 saturated carbocycles. The van der Waals surface area contributed by atoms with Crippen molar-refractivity contribution in [2.24, 2.45) is 23.7 Å². The number of hydrogen-bond donors (Lipinski definition) is 3. The number of carbonyl (C=O) groups is 6. The highest BCUT2D eigenvalue weighted by molar-refractivity contribution is 7.39. The molecule has 2 aliphatic rings. The summed E-state index contributed by atoms with van der Waals surface area (Å²) in [5.74, 6) is -4.80. The maximum Gasteiger partial charge on any atom is 0.508 e. The van der Waals surface area contributed by atoms with Crippen molar-refractivity contribution in [1.82, 2.24) is 21.0 Å². The number of nitrogens with zero attached hydrogens (tertiary/aromatic N) is 2. The highest BCUT2D eigenvalue weighted by Gasteiger charge is 2.56. The molecule has 2 fully saturated rings. The minimum Gasteiger partial charge on any atom is -0.445 e. The van der Waals surface area contributed by atoms with Crippen LogP contribution in [0.15, 0.2) is 30.3 Å². The number of benzene rings is 1. The molecule has 3 rings (SSSR count). The topological polar surface area (TPSA) is 177 Å². The monoisotopic (exact) mass is 705 g/mol. The van der Waals surface area contributed by atoms with E-state index >= 15 is 0 Å². The molecule has 49 heavy (non-hydrogen) atoms. The van der Waals surface area contributed by atoms with Crippen LogP contribution in [0.25, 0.3) is 0 Å². The molecule has 0 spiro atoms. The molecule has 0 aliphatic carbocycles. The molecule has 3 N–H and O–H groups in total. The fourth-order valence-electron chi connectivity index (χ4n) is 6.48. The molecule has 0 bridgehead atoms. The molecule has 1 aromatic rings. The van der Waals surface area contributed by atoms with Gasteiger partial charge in [0.05, 0.1) is 25.4 Å². The van der Waals surface area contributed by atoms with E-state index in [1.807, 2.05) is 58.0 Å². The molecule has 6 amide bonds. The molecule has 15 heteroatoms. The van der Waals surface area contributed by atoms with Crippen LogP contribution < -0.4 is 16.1 Å². The van der Waals surface area contributed by atoms with Crippen molar-refractivity contribution in [2.45, 2.75) is 85.4 Å². The molecule has 5 atom stereocenters. The quantitative estimate of drug-likeness (QED) is 0.125. The number of amides is 6. The average molecular weight is 706 g/mol. The van der Waals surface area contributed by atoms with Crippen molar-refractivity contribution in [1.29, 1.82) is 0 Å². The number of ether oxygens (including phenoxy) is 1. The van der Waals surface area contributed by atoms with E-state index < -0.39 is 66.3 Å². The van der Waals surface area contributed by atoms with Crippen LogP contribution >= 0.6 is 8.03 Å². The van der Waals surface area contributed by atoms with Crippen LogP contribution in [0.1, 0.15) is 72.3 Å². The van der Waals surface area contributed by atoms with E-state index in [1.165, 1.54) is 11.9 Å². The van der Waals surface area contributed by atoms with Crippen LogP contribution in [0, 0.1) is 23.7 Å². The van der Waals surface area contributed by atoms with Gasteiger partial charge in [0.1, 0.15) is 25.2 Å². The van der Waals surface area contributed by atoms with Crippen LogP contribution in [-0.2, 0) is 44.4 Å². The van der Waals surface area contributed by atoms with Gasteiger partial charge in [-0.25, -0.2) is 14.4 Å². The molecule has 270 valence electrons. The molecule has 2 aliphatic heterocycles. The number of nitrogens with one attached hydrogen (secondary N) is 3. The van der Waals surface area contributed by atoms with Gasteiger partial charge in [-0.2, -0.15) is 5.43 Å². The highest BCUT2D eigenvalue weighted by Crippen LogP contribution is 2.36. The summed E-state index contributed by atoms with van der Waals surface area (Å²) in [5, 5.41) is 5.38. The zero-order valence-corrected chi connectivity index (χ0v) is 30.3. The van der Waals surface area contributed by atoms with Gasteiger partial charge in [-0.3, -0.25) is 19.3 Å². The Morgan fingerprint density at radius 2 is 1.67 bits per heavy atom. The van der Waals surface area contributed by atoms with E-state index in [-0.39, 0.29) is 63.0 Å². The van der Waals surface area contributed by atoms with Gasteiger partial charge in [0.25, 0.3) is 5.91 Å². The first kappa shape index (κ1) is 39.7. The summed E-state index contributed by atoms with van der Waals surface area (Å²) >= 11 is 0. The SMILES string of the molecule is CCO[P+](=O)C[C@H](C(=O)N[C@@H](CC(C)C)C(=O)NC)C(C[N+]1(NC(=O)[C@@H]2CCCN2C(=O)OCc2ccccc2)C(=O)CCC1=O)C(C)C. The summed E-state index contributed by atoms with van der Waals surface area (Å²) in [6.45, 7) is 9.27. The van der Waals surface area contributed by atoms with Gasteiger partial charge in [-0.15, -0.1) is 4.52 Å². The van der Waals surface area contributed by atoms with Crippen molar-refractivity contribution in [3.63, 3.8) is 0 Å². The molecule has 2 saturated heterocycles. The van der Waals surface area contributed by atoms with Crippen molar-refractivity contribution in [2.75, 3.05) is 32.9 Å². The summed E-state index contributed by atoms with van der Waals surface area (Å²) in [7, 11) is -0.849. The Hall–Kier alpha value is -3.74. The zero-order chi connectivity index (χ0) is 36.3. The van der Waals surface area contributed by atoms with Crippen LogP contribution in [0.2, 0.25) is 0 Å². The molecule has 1 aromatic carbocycles. The second-order valence-corrected chi connectivity index (χ2v) is 14.7. The Balaban J connectivity index is 1.91. The van der Waals surface area contributed by atoms with Crippen LogP contribution in [0.5, 0.6) is 0 Å². The maximum absolute atomic E-state index is 14.0. The Morgan fingerprint density at radius 1 is 1.02 bits per heavy atom. The number of imide groups is 1. The van der Waals surface area contributed by atoms with Crippen molar-refractivity contribution in [3.8, 4) is 0 Å². The lowest BCUT2D eigenvalue weighted by atomic mass is 9.82. The fourth-order valence-corrected chi connectivity index (χ4v) is 7.63. The summed E-state index contributed by atoms with van der Waals surface area (Å²) in [5.41, 5.74) is 3.48. The van der Waals surface area contributed by atoms with Gasteiger partial charge in [-0.1, -0.05) is 62.6 Å². The number of likely N-dealkylation sites (N-methyl/N-ethyl adjacent to an activating group) is 1. The maximum atomic E-state index is 14.0. The zero-order valence-electron chi connectivity index (χ0n) is 29.4. The van der Waals surface area contributed by atoms with Crippen LogP contribution in [0.3, 0.4) is 0 Å². The average Bonchev–Trinajstić information content (AvgIpc) is 3.66. The van der Waals surface area contributed by atoms with Crippen molar-refractivity contribution in [3.05, 3.63) is 35.9 Å². The van der Waals surface area contributed by atoms with Crippen molar-refractivity contribution >= 4 is 43.7 Å². The Bertz CT molecular complexity index is 1360. The summed E-state index contributed by atoms with van der Waals surface area (Å²) in [6, 6.07) is 7.26. The number of hydrogen-bond acceptors (Lipinski definition) is 9.